The number of ether oxygens (including phenoxy) is 1. The fourth-order valence-electron chi connectivity index (χ4n) is 3.21. The van der Waals surface area contributed by atoms with E-state index in [1.54, 1.807) is 6.07 Å². The monoisotopic (exact) mass is 385 g/mol. The number of nitrogens with one attached hydrogen (secondary N) is 2. The molecule has 0 radical (unpaired) electrons. The van der Waals surface area contributed by atoms with Gasteiger partial charge >= 0.3 is 0 Å². The van der Waals surface area contributed by atoms with Crippen LogP contribution in [-0.2, 0) is 4.74 Å². The summed E-state index contributed by atoms with van der Waals surface area (Å²) in [6, 6.07) is 5.42. The highest BCUT2D eigenvalue weighted by Crippen LogP contribution is 2.24. The first-order chi connectivity index (χ1) is 13.3. The van der Waals surface area contributed by atoms with E-state index in [4.69, 9.17) is 16.2 Å². The molecule has 9 nitrogen and oxygen atoms in total. The van der Waals surface area contributed by atoms with E-state index in [1.807, 2.05) is 19.1 Å². The number of primary amides is 1. The highest BCUT2D eigenvalue weighted by molar-refractivity contribution is 5.97. The Morgan fingerprint density at radius 2 is 2.07 bits per heavy atom. The molecule has 3 rings (SSSR count). The predicted molar refractivity (Wildman–Crippen MR) is 108 cm³/mol. The molecule has 2 aromatic heterocycles. The van der Waals surface area contributed by atoms with Crippen LogP contribution in [0.25, 0.3) is 0 Å². The summed E-state index contributed by atoms with van der Waals surface area (Å²) in [5, 5.41) is 14.5. The van der Waals surface area contributed by atoms with Gasteiger partial charge in [0.25, 0.3) is 5.91 Å². The molecule has 1 aliphatic rings. The third-order valence-corrected chi connectivity index (χ3v) is 4.71. The molecule has 0 saturated carbocycles. The van der Waals surface area contributed by atoms with E-state index < -0.39 is 5.91 Å². The highest BCUT2D eigenvalue weighted by Gasteiger charge is 2.23. The minimum Gasteiger partial charge on any atom is -0.380 e. The molecule has 3 heterocycles. The first-order valence-corrected chi connectivity index (χ1v) is 9.37. The third kappa shape index (κ3) is 4.55. The Morgan fingerprint density at radius 1 is 1.29 bits per heavy atom. The van der Waals surface area contributed by atoms with Crippen LogP contribution in [0.2, 0.25) is 0 Å². The number of nitrogens with zero attached hydrogens (tertiary/aromatic N) is 3. The Bertz CT molecular complexity index is 856. The Morgan fingerprint density at radius 3 is 2.75 bits per heavy atom. The molecule has 28 heavy (non-hydrogen) atoms. The summed E-state index contributed by atoms with van der Waals surface area (Å²) in [4.78, 5) is 16.5. The van der Waals surface area contributed by atoms with Crippen molar-refractivity contribution < 1.29 is 9.53 Å². The van der Waals surface area contributed by atoms with Gasteiger partial charge in [0.05, 0.1) is 12.3 Å². The van der Waals surface area contributed by atoms with Crippen molar-refractivity contribution in [3.63, 3.8) is 0 Å². The van der Waals surface area contributed by atoms with Gasteiger partial charge in [-0.1, -0.05) is 19.9 Å². The van der Waals surface area contributed by atoms with Gasteiger partial charge < -0.3 is 26.8 Å². The largest absolute Gasteiger partial charge is 0.380 e. The maximum Gasteiger partial charge on any atom is 0.271 e. The number of aryl methyl sites for hydroxylation is 1. The van der Waals surface area contributed by atoms with Crippen LogP contribution in [0.15, 0.2) is 18.2 Å². The highest BCUT2D eigenvalue weighted by atomic mass is 16.5. The summed E-state index contributed by atoms with van der Waals surface area (Å²) < 4.78 is 5.36. The van der Waals surface area contributed by atoms with Crippen LogP contribution >= 0.6 is 0 Å². The zero-order valence-electron chi connectivity index (χ0n) is 16.4. The van der Waals surface area contributed by atoms with E-state index in [0.717, 1.165) is 17.7 Å². The van der Waals surface area contributed by atoms with E-state index in [2.05, 4.69) is 39.7 Å². The number of anilines is 3. The van der Waals surface area contributed by atoms with Crippen LogP contribution in [0.4, 0.5) is 17.3 Å². The molecular formula is C19H27N7O2. The molecular weight excluding hydrogens is 358 g/mol. The second-order valence-corrected chi connectivity index (χ2v) is 7.31. The number of hydrogen-bond donors (Lipinski definition) is 4. The number of pyridine rings is 1. The second-order valence-electron chi connectivity index (χ2n) is 7.31. The van der Waals surface area contributed by atoms with E-state index in [9.17, 15) is 4.79 Å². The first kappa shape index (κ1) is 20.0. The third-order valence-electron chi connectivity index (χ3n) is 4.71. The average molecular weight is 385 g/mol. The lowest BCUT2D eigenvalue weighted by Crippen LogP contribution is -2.47. The van der Waals surface area contributed by atoms with Gasteiger partial charge in [-0.05, 0) is 30.9 Å². The molecule has 2 aromatic rings. The van der Waals surface area contributed by atoms with E-state index >= 15 is 0 Å². The maximum absolute atomic E-state index is 11.8. The van der Waals surface area contributed by atoms with Gasteiger partial charge in [-0.2, -0.15) is 0 Å². The topological polar surface area (TPSA) is 141 Å². The summed E-state index contributed by atoms with van der Waals surface area (Å²) in [5.74, 6) is 0.727. The second kappa shape index (κ2) is 8.49. The first-order valence-electron chi connectivity index (χ1n) is 9.37. The van der Waals surface area contributed by atoms with Crippen LogP contribution in [0, 0.1) is 6.92 Å². The van der Waals surface area contributed by atoms with Gasteiger partial charge in [-0.3, -0.25) is 4.79 Å². The number of carbonyl (C=O) groups excluding carboxylic acids is 1. The van der Waals surface area contributed by atoms with Crippen LogP contribution in [0.3, 0.4) is 0 Å². The number of rotatable bonds is 6. The Hall–Kier alpha value is -2.78. The van der Waals surface area contributed by atoms with Crippen molar-refractivity contribution in [1.29, 1.82) is 0 Å². The zero-order chi connectivity index (χ0) is 20.3. The number of aromatic nitrogens is 3. The minimum absolute atomic E-state index is 0.0142. The van der Waals surface area contributed by atoms with Crippen LogP contribution < -0.4 is 22.1 Å². The summed E-state index contributed by atoms with van der Waals surface area (Å²) >= 11 is 0. The lowest BCUT2D eigenvalue weighted by molar-refractivity contribution is 0.0751. The van der Waals surface area contributed by atoms with Crippen molar-refractivity contribution in [3.05, 3.63) is 35.2 Å². The molecule has 0 aromatic carbocycles. The van der Waals surface area contributed by atoms with Crippen molar-refractivity contribution >= 4 is 23.2 Å². The van der Waals surface area contributed by atoms with Gasteiger partial charge in [0, 0.05) is 30.5 Å². The van der Waals surface area contributed by atoms with Crippen LogP contribution in [0.5, 0.6) is 0 Å². The van der Waals surface area contributed by atoms with Crippen molar-refractivity contribution in [2.45, 2.75) is 45.2 Å². The number of nitrogens with two attached hydrogens (primary N) is 2. The molecule has 0 spiro atoms. The summed E-state index contributed by atoms with van der Waals surface area (Å²) in [6.45, 7) is 7.31. The van der Waals surface area contributed by atoms with Gasteiger partial charge in [0.1, 0.15) is 5.82 Å². The molecule has 1 saturated heterocycles. The molecule has 0 bridgehead atoms. The molecule has 1 amide bonds. The smallest absolute Gasteiger partial charge is 0.271 e. The van der Waals surface area contributed by atoms with Crippen molar-refractivity contribution in [3.8, 4) is 0 Å². The zero-order valence-corrected chi connectivity index (χ0v) is 16.4. The van der Waals surface area contributed by atoms with Crippen LogP contribution in [-0.4, -0.2) is 46.4 Å². The Labute approximate surface area is 164 Å². The molecule has 0 aliphatic carbocycles. The number of hydrogen-bond acceptors (Lipinski definition) is 8. The van der Waals surface area contributed by atoms with Gasteiger partial charge in [-0.15, -0.1) is 10.2 Å². The van der Waals surface area contributed by atoms with Crippen molar-refractivity contribution in [2.75, 3.05) is 23.8 Å². The van der Waals surface area contributed by atoms with Gasteiger partial charge in [0.2, 0.25) is 0 Å². The normalized spacial score (nSPS) is 19.5. The molecule has 6 N–H and O–H groups in total. The van der Waals surface area contributed by atoms with Gasteiger partial charge in [-0.25, -0.2) is 4.98 Å². The lowest BCUT2D eigenvalue weighted by Gasteiger charge is -2.29. The summed E-state index contributed by atoms with van der Waals surface area (Å²) in [7, 11) is 0. The fraction of sp³-hybridized carbons (Fsp3) is 0.474. The standard InChI is InChI=1S/C19H27N7O2/c1-10(2)17-11(3)4-5-15(24-17)23-14-8-16(25-26-18(14)19(21)27)22-13-6-7-28-9-12(13)20/h4-5,8,10,12-13H,6-7,9,20H2,1-3H3,(H2,21,27)(H2,22,23,24,25). The Balaban J connectivity index is 1.88. The predicted octanol–water partition coefficient (Wildman–Crippen LogP) is 1.67. The van der Waals surface area contributed by atoms with E-state index in [-0.39, 0.29) is 23.7 Å². The molecule has 1 aliphatic heterocycles. The summed E-state index contributed by atoms with van der Waals surface area (Å²) in [6.07, 6.45) is 0.764. The molecule has 9 heteroatoms. The number of amides is 1. The SMILES string of the molecule is Cc1ccc(Nc2cc(NC3CCOCC3N)nnc2C(N)=O)nc1C(C)C. The maximum atomic E-state index is 11.8. The minimum atomic E-state index is -0.666. The lowest BCUT2D eigenvalue weighted by atomic mass is 10.0. The van der Waals surface area contributed by atoms with Crippen LogP contribution in [0.1, 0.15) is 47.9 Å². The molecule has 2 unspecified atom stereocenters. The molecule has 2 atom stereocenters. The van der Waals surface area contributed by atoms with E-state index in [0.29, 0.717) is 30.5 Å². The quantitative estimate of drug-likeness (QED) is 0.588. The summed E-state index contributed by atoms with van der Waals surface area (Å²) in [5.41, 5.74) is 14.1. The van der Waals surface area contributed by atoms with Crippen molar-refractivity contribution in [1.82, 2.24) is 15.2 Å². The molecule has 150 valence electrons. The average Bonchev–Trinajstić information content (AvgIpc) is 2.65. The fourth-order valence-corrected chi connectivity index (χ4v) is 3.21. The molecule has 1 fully saturated rings. The Kier molecular flexibility index (Phi) is 6.05. The number of carbonyl (C=O) groups is 1. The van der Waals surface area contributed by atoms with Crippen molar-refractivity contribution in [2.24, 2.45) is 11.5 Å². The van der Waals surface area contributed by atoms with E-state index in [1.165, 1.54) is 0 Å². The van der Waals surface area contributed by atoms with Gasteiger partial charge in [0.15, 0.2) is 11.5 Å².